The van der Waals surface area contributed by atoms with E-state index in [1.165, 1.54) is 0 Å². The van der Waals surface area contributed by atoms with Crippen LogP contribution in [0.5, 0.6) is 11.5 Å². The summed E-state index contributed by atoms with van der Waals surface area (Å²) in [4.78, 5) is 12.1. The predicted octanol–water partition coefficient (Wildman–Crippen LogP) is 4.11. The Bertz CT molecular complexity index is 1070. The first-order chi connectivity index (χ1) is 19.2. The second kappa shape index (κ2) is 18.6. The number of hydrogen-bond donors (Lipinski definition) is 2. The van der Waals surface area contributed by atoms with Crippen molar-refractivity contribution in [3.05, 3.63) is 95.6 Å². The molecule has 2 N–H and O–H groups in total. The molecule has 0 heterocycles. The fraction of sp³-hybridized carbons (Fsp3) is 0.367. The number of carbonyl (C=O) groups is 1. The van der Waals surface area contributed by atoms with E-state index in [0.29, 0.717) is 70.9 Å². The van der Waals surface area contributed by atoms with Gasteiger partial charge < -0.3 is 38.8 Å². The van der Waals surface area contributed by atoms with Crippen molar-refractivity contribution in [2.24, 2.45) is 0 Å². The molecule has 1 amide bonds. The van der Waals surface area contributed by atoms with Crippen LogP contribution in [0.1, 0.15) is 16.7 Å². The number of amides is 1. The third-order valence-electron chi connectivity index (χ3n) is 5.35. The van der Waals surface area contributed by atoms with E-state index in [9.17, 15) is 4.79 Å². The summed E-state index contributed by atoms with van der Waals surface area (Å²) in [6.07, 6.45) is -0.535. The molecule has 3 aromatic carbocycles. The monoisotopic (exact) mass is 539 g/mol. The fourth-order valence-electron chi connectivity index (χ4n) is 3.38. The Balaban J connectivity index is 1.40. The summed E-state index contributed by atoms with van der Waals surface area (Å²) >= 11 is 0. The highest BCUT2D eigenvalue weighted by atomic mass is 16.6. The third-order valence-corrected chi connectivity index (χ3v) is 5.35. The van der Waals surface area contributed by atoms with Crippen LogP contribution in [0.2, 0.25) is 0 Å². The normalized spacial score (nSPS) is 10.7. The maximum absolute atomic E-state index is 12.1. The first-order valence-electron chi connectivity index (χ1n) is 13.0. The summed E-state index contributed by atoms with van der Waals surface area (Å²) in [6.45, 7) is 3.53. The molecule has 3 aromatic rings. The van der Waals surface area contributed by atoms with E-state index in [2.05, 4.69) is 5.32 Å². The second-order valence-electron chi connectivity index (χ2n) is 8.39. The minimum Gasteiger partial charge on any atom is -0.485 e. The van der Waals surface area contributed by atoms with Crippen molar-refractivity contribution >= 4 is 6.09 Å². The van der Waals surface area contributed by atoms with E-state index in [0.717, 1.165) is 16.7 Å². The molecule has 0 fully saturated rings. The van der Waals surface area contributed by atoms with Gasteiger partial charge in [0.1, 0.15) is 19.8 Å². The quantitative estimate of drug-likeness (QED) is 0.219. The minimum atomic E-state index is -0.535. The van der Waals surface area contributed by atoms with Crippen LogP contribution in [-0.2, 0) is 38.8 Å². The lowest BCUT2D eigenvalue weighted by molar-refractivity contribution is 0.00814. The van der Waals surface area contributed by atoms with Crippen LogP contribution in [0.3, 0.4) is 0 Å². The van der Waals surface area contributed by atoms with Gasteiger partial charge in [-0.3, -0.25) is 0 Å². The largest absolute Gasteiger partial charge is 0.485 e. The van der Waals surface area contributed by atoms with E-state index in [-0.39, 0.29) is 13.2 Å². The molecule has 0 aromatic heterocycles. The summed E-state index contributed by atoms with van der Waals surface area (Å²) in [5, 5.41) is 11.3. The second-order valence-corrected chi connectivity index (χ2v) is 8.39. The highest BCUT2D eigenvalue weighted by Gasteiger charge is 2.10. The van der Waals surface area contributed by atoms with Gasteiger partial charge in [0.2, 0.25) is 0 Å². The highest BCUT2D eigenvalue weighted by Crippen LogP contribution is 2.30. The molecule has 0 radical (unpaired) electrons. The zero-order valence-corrected chi connectivity index (χ0v) is 22.1. The van der Waals surface area contributed by atoms with E-state index >= 15 is 0 Å². The first-order valence-corrected chi connectivity index (χ1v) is 13.0. The maximum atomic E-state index is 12.1. The summed E-state index contributed by atoms with van der Waals surface area (Å²) in [5.74, 6) is 1.19. The topological polar surface area (TPSA) is 105 Å². The lowest BCUT2D eigenvalue weighted by Crippen LogP contribution is -2.28. The standard InChI is InChI=1S/C30H37NO8/c32-14-16-35-18-20-36-19-17-34-15-13-31-30(33)39-24-27-11-12-28(37-22-25-7-3-1-4-8-25)29(21-27)38-23-26-9-5-2-6-10-26/h1-12,21,32H,13-20,22-24H2,(H,31,33). The molecule has 0 aliphatic carbocycles. The molecule has 0 aliphatic rings. The van der Waals surface area contributed by atoms with Crippen LogP contribution in [0.25, 0.3) is 0 Å². The number of aliphatic hydroxyl groups is 1. The number of nitrogens with one attached hydrogen (secondary N) is 1. The van der Waals surface area contributed by atoms with Gasteiger partial charge in [0.05, 0.1) is 46.2 Å². The Labute approximate surface area is 229 Å². The molecule has 0 aliphatic heterocycles. The maximum Gasteiger partial charge on any atom is 0.407 e. The molecule has 9 nitrogen and oxygen atoms in total. The predicted molar refractivity (Wildman–Crippen MR) is 146 cm³/mol. The van der Waals surface area contributed by atoms with Crippen molar-refractivity contribution in [3.63, 3.8) is 0 Å². The van der Waals surface area contributed by atoms with Crippen molar-refractivity contribution in [1.29, 1.82) is 0 Å². The molecule has 3 rings (SSSR count). The van der Waals surface area contributed by atoms with Gasteiger partial charge in [0.25, 0.3) is 0 Å². The number of rotatable bonds is 19. The Hall–Kier alpha value is -3.63. The number of ether oxygens (including phenoxy) is 6. The summed E-state index contributed by atoms with van der Waals surface area (Å²) < 4.78 is 33.3. The van der Waals surface area contributed by atoms with Crippen molar-refractivity contribution in [2.45, 2.75) is 19.8 Å². The van der Waals surface area contributed by atoms with Crippen LogP contribution in [-0.4, -0.2) is 64.0 Å². The van der Waals surface area contributed by atoms with Crippen molar-refractivity contribution in [3.8, 4) is 11.5 Å². The number of hydrogen-bond acceptors (Lipinski definition) is 8. The zero-order valence-electron chi connectivity index (χ0n) is 22.1. The summed E-state index contributed by atoms with van der Waals surface area (Å²) in [5.41, 5.74) is 2.86. The van der Waals surface area contributed by atoms with Gasteiger partial charge in [-0.2, -0.15) is 0 Å². The van der Waals surface area contributed by atoms with E-state index < -0.39 is 6.09 Å². The molecule has 0 saturated heterocycles. The Morgan fingerprint density at radius 3 is 1.79 bits per heavy atom. The molecule has 0 saturated carbocycles. The number of alkyl carbamates (subject to hydrolysis) is 1. The molecule has 0 bridgehead atoms. The Morgan fingerprint density at radius 2 is 1.18 bits per heavy atom. The molecule has 0 spiro atoms. The SMILES string of the molecule is O=C(NCCOCCOCCOCCO)OCc1ccc(OCc2ccccc2)c(OCc2ccccc2)c1. The van der Waals surface area contributed by atoms with E-state index in [1.807, 2.05) is 78.9 Å². The molecular formula is C30H37NO8. The lowest BCUT2D eigenvalue weighted by Gasteiger charge is -2.15. The van der Waals surface area contributed by atoms with Gasteiger partial charge in [-0.25, -0.2) is 4.79 Å². The molecule has 39 heavy (non-hydrogen) atoms. The van der Waals surface area contributed by atoms with E-state index in [1.54, 1.807) is 0 Å². The summed E-state index contributed by atoms with van der Waals surface area (Å²) in [6, 6.07) is 25.3. The molecule has 0 atom stereocenters. The fourth-order valence-corrected chi connectivity index (χ4v) is 3.38. The molecule has 210 valence electrons. The number of benzene rings is 3. The smallest absolute Gasteiger partial charge is 0.407 e. The van der Waals surface area contributed by atoms with Crippen LogP contribution in [0.15, 0.2) is 78.9 Å². The Morgan fingerprint density at radius 1 is 0.615 bits per heavy atom. The first kappa shape index (κ1) is 29.9. The number of carbonyl (C=O) groups excluding carboxylic acids is 1. The molecular weight excluding hydrogens is 502 g/mol. The van der Waals surface area contributed by atoms with Gasteiger partial charge in [0.15, 0.2) is 11.5 Å². The van der Waals surface area contributed by atoms with Crippen LogP contribution in [0, 0.1) is 0 Å². The van der Waals surface area contributed by atoms with Crippen molar-refractivity contribution < 1.29 is 38.3 Å². The molecule has 9 heteroatoms. The number of aliphatic hydroxyl groups excluding tert-OH is 1. The highest BCUT2D eigenvalue weighted by molar-refractivity contribution is 5.67. The third kappa shape index (κ3) is 12.6. The lowest BCUT2D eigenvalue weighted by atomic mass is 10.2. The Kier molecular flexibility index (Phi) is 14.3. The van der Waals surface area contributed by atoms with Gasteiger partial charge in [0, 0.05) is 6.54 Å². The molecule has 0 unspecified atom stereocenters. The van der Waals surface area contributed by atoms with Gasteiger partial charge in [-0.05, 0) is 28.8 Å². The van der Waals surface area contributed by atoms with Crippen LogP contribution < -0.4 is 14.8 Å². The van der Waals surface area contributed by atoms with E-state index in [4.69, 9.17) is 33.5 Å². The zero-order chi connectivity index (χ0) is 27.4. The van der Waals surface area contributed by atoms with Gasteiger partial charge in [-0.1, -0.05) is 66.7 Å². The van der Waals surface area contributed by atoms with Crippen molar-refractivity contribution in [2.75, 3.05) is 52.8 Å². The summed E-state index contributed by atoms with van der Waals surface area (Å²) in [7, 11) is 0. The van der Waals surface area contributed by atoms with Gasteiger partial charge in [-0.15, -0.1) is 0 Å². The average Bonchev–Trinajstić information content (AvgIpc) is 2.98. The van der Waals surface area contributed by atoms with Gasteiger partial charge >= 0.3 is 6.09 Å². The average molecular weight is 540 g/mol. The van der Waals surface area contributed by atoms with Crippen molar-refractivity contribution in [1.82, 2.24) is 5.32 Å². The van der Waals surface area contributed by atoms with Crippen LogP contribution in [0.4, 0.5) is 4.79 Å². The minimum absolute atomic E-state index is 0.000809. The van der Waals surface area contributed by atoms with Crippen LogP contribution >= 0.6 is 0 Å².